The van der Waals surface area contributed by atoms with Crippen LogP contribution in [0, 0.1) is 13.8 Å². The highest BCUT2D eigenvalue weighted by Gasteiger charge is 2.06. The summed E-state index contributed by atoms with van der Waals surface area (Å²) < 4.78 is 5.32. The van der Waals surface area contributed by atoms with Crippen molar-refractivity contribution in [3.05, 3.63) is 28.8 Å². The van der Waals surface area contributed by atoms with E-state index < -0.39 is 0 Å². The van der Waals surface area contributed by atoms with Crippen molar-refractivity contribution in [2.75, 3.05) is 33.1 Å². The molecule has 0 fully saturated rings. The van der Waals surface area contributed by atoms with Crippen molar-refractivity contribution in [3.63, 3.8) is 0 Å². The van der Waals surface area contributed by atoms with Crippen molar-refractivity contribution in [2.24, 2.45) is 0 Å². The highest BCUT2D eigenvalue weighted by molar-refractivity contribution is 6.18. The molecular weight excluding hydrogens is 234 g/mol. The third kappa shape index (κ3) is 4.21. The predicted octanol–water partition coefficient (Wildman–Crippen LogP) is 3.03. The molecule has 1 aromatic carbocycles. The maximum Gasteiger partial charge on any atom is 0.122 e. The van der Waals surface area contributed by atoms with Gasteiger partial charge in [-0.15, -0.1) is 11.6 Å². The number of aryl methyl sites for hydroxylation is 2. The molecule has 1 aromatic rings. The van der Waals surface area contributed by atoms with Gasteiger partial charge in [0.25, 0.3) is 0 Å². The summed E-state index contributed by atoms with van der Waals surface area (Å²) in [6, 6.07) is 4.34. The monoisotopic (exact) mass is 255 g/mol. The number of benzene rings is 1. The van der Waals surface area contributed by atoms with Crippen molar-refractivity contribution in [1.29, 1.82) is 0 Å². The lowest BCUT2D eigenvalue weighted by Crippen LogP contribution is -2.23. The average Bonchev–Trinajstić information content (AvgIpc) is 2.30. The third-order valence-electron chi connectivity index (χ3n) is 3.08. The summed E-state index contributed by atoms with van der Waals surface area (Å²) in [6.07, 6.45) is 1.06. The van der Waals surface area contributed by atoms with Gasteiger partial charge in [-0.25, -0.2) is 0 Å². The fraction of sp³-hybridized carbons (Fsp3) is 0.571. The largest absolute Gasteiger partial charge is 0.496 e. The van der Waals surface area contributed by atoms with Crippen molar-refractivity contribution in [3.8, 4) is 5.75 Å². The van der Waals surface area contributed by atoms with Crippen molar-refractivity contribution >= 4 is 11.6 Å². The topological polar surface area (TPSA) is 12.5 Å². The Labute approximate surface area is 110 Å². The first kappa shape index (κ1) is 14.3. The minimum absolute atomic E-state index is 0.692. The minimum atomic E-state index is 0.692. The molecule has 0 saturated heterocycles. The summed E-state index contributed by atoms with van der Waals surface area (Å²) in [5, 5.41) is 0. The van der Waals surface area contributed by atoms with Crippen LogP contribution in [0.2, 0.25) is 0 Å². The highest BCUT2D eigenvalue weighted by Crippen LogP contribution is 2.22. The molecule has 0 amide bonds. The molecule has 0 spiro atoms. The van der Waals surface area contributed by atoms with Crippen LogP contribution < -0.4 is 4.74 Å². The van der Waals surface area contributed by atoms with Crippen LogP contribution in [0.4, 0.5) is 0 Å². The summed E-state index contributed by atoms with van der Waals surface area (Å²) in [5.74, 6) is 1.66. The molecule has 1 rings (SSSR count). The Morgan fingerprint density at radius 2 is 1.88 bits per heavy atom. The molecule has 0 aliphatic heterocycles. The molecular formula is C14H22ClNO. The molecule has 2 nitrogen and oxygen atoms in total. The first-order valence-corrected chi connectivity index (χ1v) is 6.50. The molecule has 0 radical (unpaired) electrons. The Balaban J connectivity index is 2.68. The Morgan fingerprint density at radius 1 is 1.18 bits per heavy atom. The van der Waals surface area contributed by atoms with Crippen LogP contribution in [-0.4, -0.2) is 38.0 Å². The number of nitrogens with zero attached hydrogens (tertiary/aromatic N) is 1. The van der Waals surface area contributed by atoms with Gasteiger partial charge in [-0.1, -0.05) is 6.07 Å². The molecule has 0 aliphatic carbocycles. The second-order valence-electron chi connectivity index (χ2n) is 4.49. The maximum absolute atomic E-state index is 5.72. The van der Waals surface area contributed by atoms with Crippen molar-refractivity contribution in [2.45, 2.75) is 20.3 Å². The summed E-state index contributed by atoms with van der Waals surface area (Å²) in [4.78, 5) is 2.26. The van der Waals surface area contributed by atoms with Gasteiger partial charge in [0.1, 0.15) is 5.75 Å². The smallest absolute Gasteiger partial charge is 0.122 e. The maximum atomic E-state index is 5.72. The van der Waals surface area contributed by atoms with E-state index in [9.17, 15) is 0 Å². The van der Waals surface area contributed by atoms with Crippen molar-refractivity contribution in [1.82, 2.24) is 4.90 Å². The summed E-state index contributed by atoms with van der Waals surface area (Å²) in [7, 11) is 3.82. The van der Waals surface area contributed by atoms with E-state index >= 15 is 0 Å². The van der Waals surface area contributed by atoms with Crippen molar-refractivity contribution < 1.29 is 4.74 Å². The molecule has 17 heavy (non-hydrogen) atoms. The Bertz CT molecular complexity index is 365. The molecule has 3 heteroatoms. The van der Waals surface area contributed by atoms with Crippen LogP contribution in [0.5, 0.6) is 5.75 Å². The van der Waals surface area contributed by atoms with E-state index in [2.05, 4.69) is 37.9 Å². The zero-order chi connectivity index (χ0) is 12.8. The summed E-state index contributed by atoms with van der Waals surface area (Å²) in [6.45, 7) is 6.21. The van der Waals surface area contributed by atoms with Crippen LogP contribution in [-0.2, 0) is 6.42 Å². The van der Waals surface area contributed by atoms with E-state index in [1.54, 1.807) is 7.11 Å². The van der Waals surface area contributed by atoms with Crippen LogP contribution >= 0.6 is 11.6 Å². The first-order chi connectivity index (χ1) is 8.08. The Hall–Kier alpha value is -0.730. The van der Waals surface area contributed by atoms with Gasteiger partial charge in [0.15, 0.2) is 0 Å². The normalized spacial score (nSPS) is 10.9. The van der Waals surface area contributed by atoms with Gasteiger partial charge < -0.3 is 9.64 Å². The van der Waals surface area contributed by atoms with Crippen LogP contribution in [0.25, 0.3) is 0 Å². The number of halogens is 1. The standard InChI is InChI=1S/C14H22ClNO/c1-11-10-14(17-4)12(2)9-13(11)5-7-16(3)8-6-15/h9-10H,5-8H2,1-4H3. The second kappa shape index (κ2) is 6.87. The predicted molar refractivity (Wildman–Crippen MR) is 74.4 cm³/mol. The zero-order valence-electron chi connectivity index (χ0n) is 11.2. The first-order valence-electron chi connectivity index (χ1n) is 5.97. The minimum Gasteiger partial charge on any atom is -0.496 e. The van der Waals surface area contributed by atoms with Gasteiger partial charge in [-0.3, -0.25) is 0 Å². The van der Waals surface area contributed by atoms with E-state index in [0.717, 1.165) is 25.3 Å². The average molecular weight is 256 g/mol. The number of hydrogen-bond donors (Lipinski definition) is 0. The summed E-state index contributed by atoms with van der Waals surface area (Å²) >= 11 is 5.72. The molecule has 0 aromatic heterocycles. The number of hydrogen-bond acceptors (Lipinski definition) is 2. The molecule has 0 heterocycles. The van der Waals surface area contributed by atoms with Crippen LogP contribution in [0.3, 0.4) is 0 Å². The quantitative estimate of drug-likeness (QED) is 0.725. The number of methoxy groups -OCH3 is 1. The van der Waals surface area contributed by atoms with E-state index in [1.165, 1.54) is 16.7 Å². The van der Waals surface area contributed by atoms with E-state index in [1.807, 2.05) is 0 Å². The van der Waals surface area contributed by atoms with Crippen LogP contribution in [0.15, 0.2) is 12.1 Å². The lowest BCUT2D eigenvalue weighted by molar-refractivity contribution is 0.359. The lowest BCUT2D eigenvalue weighted by Gasteiger charge is -2.16. The van der Waals surface area contributed by atoms with E-state index in [0.29, 0.717) is 5.88 Å². The van der Waals surface area contributed by atoms with Gasteiger partial charge >= 0.3 is 0 Å². The van der Waals surface area contributed by atoms with Gasteiger partial charge in [0.05, 0.1) is 7.11 Å². The molecule has 0 unspecified atom stereocenters. The zero-order valence-corrected chi connectivity index (χ0v) is 12.0. The SMILES string of the molecule is COc1cc(C)c(CCN(C)CCCl)cc1C. The lowest BCUT2D eigenvalue weighted by atomic mass is 10.0. The van der Waals surface area contributed by atoms with Gasteiger partial charge in [-0.05, 0) is 50.1 Å². The molecule has 0 N–H and O–H groups in total. The van der Waals surface area contributed by atoms with Crippen LogP contribution in [0.1, 0.15) is 16.7 Å². The molecule has 0 aliphatic rings. The molecule has 0 saturated carbocycles. The van der Waals surface area contributed by atoms with E-state index in [4.69, 9.17) is 16.3 Å². The van der Waals surface area contributed by atoms with Gasteiger partial charge in [0, 0.05) is 19.0 Å². The molecule has 0 bridgehead atoms. The Kier molecular flexibility index (Phi) is 5.79. The summed E-state index contributed by atoms with van der Waals surface area (Å²) in [5.41, 5.74) is 3.89. The van der Waals surface area contributed by atoms with E-state index in [-0.39, 0.29) is 0 Å². The fourth-order valence-electron chi connectivity index (χ4n) is 1.91. The highest BCUT2D eigenvalue weighted by atomic mass is 35.5. The van der Waals surface area contributed by atoms with Gasteiger partial charge in [-0.2, -0.15) is 0 Å². The number of likely N-dealkylation sites (N-methyl/N-ethyl adjacent to an activating group) is 1. The number of ether oxygens (including phenoxy) is 1. The Morgan fingerprint density at radius 3 is 2.47 bits per heavy atom. The fourth-order valence-corrected chi connectivity index (χ4v) is 2.19. The number of alkyl halides is 1. The third-order valence-corrected chi connectivity index (χ3v) is 3.25. The molecule has 96 valence electrons. The number of rotatable bonds is 6. The molecule has 0 atom stereocenters. The van der Waals surface area contributed by atoms with Gasteiger partial charge in [0.2, 0.25) is 0 Å². The second-order valence-corrected chi connectivity index (χ2v) is 4.87.